The van der Waals surface area contributed by atoms with E-state index < -0.39 is 5.91 Å². The Hall–Kier alpha value is -1.62. The molecule has 0 spiro atoms. The van der Waals surface area contributed by atoms with Gasteiger partial charge >= 0.3 is 0 Å². The predicted molar refractivity (Wildman–Crippen MR) is 76.1 cm³/mol. The van der Waals surface area contributed by atoms with Crippen molar-refractivity contribution < 1.29 is 4.79 Å². The molecule has 0 aromatic carbocycles. The van der Waals surface area contributed by atoms with E-state index in [-0.39, 0.29) is 6.04 Å². The number of carbonyl (C=O) groups is 1. The summed E-state index contributed by atoms with van der Waals surface area (Å²) in [6.07, 6.45) is 2.12. The summed E-state index contributed by atoms with van der Waals surface area (Å²) >= 11 is 0. The smallest absolute Gasteiger partial charge is 0.252 e. The molecule has 2 atom stereocenters. The van der Waals surface area contributed by atoms with Crippen molar-refractivity contribution in [3.63, 3.8) is 0 Å². The first-order valence-electron chi connectivity index (χ1n) is 6.77. The van der Waals surface area contributed by atoms with Crippen LogP contribution in [0.25, 0.3) is 0 Å². The van der Waals surface area contributed by atoms with Crippen molar-refractivity contribution in [2.45, 2.75) is 32.7 Å². The summed E-state index contributed by atoms with van der Waals surface area (Å²) in [5.41, 5.74) is 12.7. The number of hydrogen-bond donors (Lipinski definition) is 2. The van der Waals surface area contributed by atoms with Gasteiger partial charge in [-0.15, -0.1) is 0 Å². The molecule has 1 saturated heterocycles. The van der Waals surface area contributed by atoms with E-state index >= 15 is 0 Å². The number of carbonyl (C=O) groups excluding carboxylic acids is 1. The van der Waals surface area contributed by atoms with E-state index in [2.05, 4.69) is 16.8 Å². The van der Waals surface area contributed by atoms with E-state index in [0.29, 0.717) is 23.8 Å². The van der Waals surface area contributed by atoms with E-state index in [0.717, 1.165) is 25.1 Å². The van der Waals surface area contributed by atoms with Crippen LogP contribution in [-0.2, 0) is 0 Å². The molecule has 104 valence electrons. The quantitative estimate of drug-likeness (QED) is 0.852. The first-order chi connectivity index (χ1) is 9.02. The van der Waals surface area contributed by atoms with Gasteiger partial charge in [-0.3, -0.25) is 4.79 Å². The van der Waals surface area contributed by atoms with Crippen LogP contribution in [0, 0.1) is 12.8 Å². The maximum Gasteiger partial charge on any atom is 0.252 e. The van der Waals surface area contributed by atoms with E-state index in [1.807, 2.05) is 13.0 Å². The summed E-state index contributed by atoms with van der Waals surface area (Å²) in [6, 6.07) is 3.80. The van der Waals surface area contributed by atoms with Crippen LogP contribution in [0.5, 0.6) is 0 Å². The van der Waals surface area contributed by atoms with Gasteiger partial charge in [0.05, 0.1) is 5.56 Å². The lowest BCUT2D eigenvalue weighted by Crippen LogP contribution is -2.47. The van der Waals surface area contributed by atoms with Gasteiger partial charge in [-0.05, 0) is 37.8 Å². The zero-order valence-electron chi connectivity index (χ0n) is 11.6. The second-order valence-corrected chi connectivity index (χ2v) is 5.40. The summed E-state index contributed by atoms with van der Waals surface area (Å²) in [5, 5.41) is 0. The van der Waals surface area contributed by atoms with Crippen LogP contribution < -0.4 is 16.4 Å². The van der Waals surface area contributed by atoms with E-state index in [4.69, 9.17) is 11.5 Å². The van der Waals surface area contributed by atoms with E-state index in [1.54, 1.807) is 6.07 Å². The Labute approximate surface area is 114 Å². The van der Waals surface area contributed by atoms with Crippen LogP contribution >= 0.6 is 0 Å². The molecular weight excluding hydrogens is 240 g/mol. The third-order valence-electron chi connectivity index (χ3n) is 3.80. The highest BCUT2D eigenvalue weighted by molar-refractivity contribution is 5.97. The minimum atomic E-state index is -0.433. The zero-order valence-corrected chi connectivity index (χ0v) is 11.6. The number of aromatic nitrogens is 1. The number of anilines is 1. The topological polar surface area (TPSA) is 85.2 Å². The van der Waals surface area contributed by atoms with E-state index in [9.17, 15) is 4.79 Å². The number of pyridine rings is 1. The van der Waals surface area contributed by atoms with Crippen molar-refractivity contribution >= 4 is 11.7 Å². The first-order valence-corrected chi connectivity index (χ1v) is 6.77. The third-order valence-corrected chi connectivity index (χ3v) is 3.80. The van der Waals surface area contributed by atoms with Crippen molar-refractivity contribution in [2.75, 3.05) is 18.0 Å². The van der Waals surface area contributed by atoms with Crippen molar-refractivity contribution in [2.24, 2.45) is 17.4 Å². The Balaban J connectivity index is 2.39. The van der Waals surface area contributed by atoms with Gasteiger partial charge in [0.1, 0.15) is 5.82 Å². The fraction of sp³-hybridized carbons (Fsp3) is 0.571. The molecule has 4 N–H and O–H groups in total. The number of nitrogens with two attached hydrogens (primary N) is 2. The molecule has 1 fully saturated rings. The maximum atomic E-state index is 11.6. The average molecular weight is 262 g/mol. The summed E-state index contributed by atoms with van der Waals surface area (Å²) in [6.45, 7) is 5.59. The Morgan fingerprint density at radius 3 is 2.89 bits per heavy atom. The predicted octanol–water partition coefficient (Wildman–Crippen LogP) is 1.05. The number of amides is 1. The fourth-order valence-corrected chi connectivity index (χ4v) is 2.71. The molecule has 1 amide bonds. The maximum absolute atomic E-state index is 11.6. The molecule has 1 aliphatic rings. The largest absolute Gasteiger partial charge is 0.365 e. The number of piperidine rings is 1. The number of nitrogens with zero attached hydrogens (tertiary/aromatic N) is 2. The molecule has 5 nitrogen and oxygen atoms in total. The second kappa shape index (κ2) is 5.57. The highest BCUT2D eigenvalue weighted by Gasteiger charge is 2.28. The molecule has 1 aromatic heterocycles. The fourth-order valence-electron chi connectivity index (χ4n) is 2.71. The van der Waals surface area contributed by atoms with Gasteiger partial charge in [0.2, 0.25) is 0 Å². The van der Waals surface area contributed by atoms with Crippen LogP contribution in [0.3, 0.4) is 0 Å². The molecule has 0 saturated carbocycles. The van der Waals surface area contributed by atoms with Crippen molar-refractivity contribution in [3.8, 4) is 0 Å². The van der Waals surface area contributed by atoms with Crippen molar-refractivity contribution in [1.29, 1.82) is 0 Å². The first kappa shape index (κ1) is 13.8. The van der Waals surface area contributed by atoms with Crippen molar-refractivity contribution in [3.05, 3.63) is 23.4 Å². The van der Waals surface area contributed by atoms with Crippen molar-refractivity contribution in [1.82, 2.24) is 4.98 Å². The van der Waals surface area contributed by atoms with Gasteiger partial charge in [-0.2, -0.15) is 0 Å². The summed E-state index contributed by atoms with van der Waals surface area (Å²) in [4.78, 5) is 18.2. The number of rotatable bonds is 3. The molecule has 2 unspecified atom stereocenters. The second-order valence-electron chi connectivity index (χ2n) is 5.40. The lowest BCUT2D eigenvalue weighted by atomic mass is 9.92. The molecule has 2 rings (SSSR count). The molecule has 19 heavy (non-hydrogen) atoms. The minimum absolute atomic E-state index is 0.233. The Morgan fingerprint density at radius 2 is 2.26 bits per heavy atom. The standard InChI is InChI=1S/C14H22N4O/c1-9-5-6-18(11(7-9)8-15)14-12(13(16)19)4-3-10(2)17-14/h3-4,9,11H,5-8,15H2,1-2H3,(H2,16,19). The highest BCUT2D eigenvalue weighted by Crippen LogP contribution is 2.28. The molecule has 5 heteroatoms. The number of hydrogen-bond acceptors (Lipinski definition) is 4. The molecule has 2 heterocycles. The highest BCUT2D eigenvalue weighted by atomic mass is 16.1. The van der Waals surface area contributed by atoms with Crippen LogP contribution in [0.4, 0.5) is 5.82 Å². The Morgan fingerprint density at radius 1 is 1.53 bits per heavy atom. The molecule has 0 bridgehead atoms. The van der Waals surface area contributed by atoms with Crippen LogP contribution in [0.2, 0.25) is 0 Å². The lowest BCUT2D eigenvalue weighted by molar-refractivity contribution is 0.1000. The lowest BCUT2D eigenvalue weighted by Gasteiger charge is -2.39. The van der Waals surface area contributed by atoms with Gasteiger partial charge in [0.15, 0.2) is 0 Å². The van der Waals surface area contributed by atoms with Gasteiger partial charge < -0.3 is 16.4 Å². The van der Waals surface area contributed by atoms with Crippen LogP contribution in [0.1, 0.15) is 35.8 Å². The molecular formula is C14H22N4O. The molecule has 1 aromatic rings. The SMILES string of the molecule is Cc1ccc(C(N)=O)c(N2CCC(C)CC2CN)n1. The van der Waals surface area contributed by atoms with Gasteiger partial charge in [-0.1, -0.05) is 6.92 Å². The van der Waals surface area contributed by atoms with Crippen LogP contribution in [0.15, 0.2) is 12.1 Å². The molecule has 1 aliphatic heterocycles. The Kier molecular flexibility index (Phi) is 4.04. The van der Waals surface area contributed by atoms with E-state index in [1.165, 1.54) is 0 Å². The van der Waals surface area contributed by atoms with Gasteiger partial charge in [0.25, 0.3) is 5.91 Å². The zero-order chi connectivity index (χ0) is 14.0. The van der Waals surface area contributed by atoms with Crippen LogP contribution in [-0.4, -0.2) is 30.0 Å². The summed E-state index contributed by atoms with van der Waals surface area (Å²) < 4.78 is 0. The van der Waals surface area contributed by atoms with Gasteiger partial charge in [-0.25, -0.2) is 4.98 Å². The van der Waals surface area contributed by atoms with Gasteiger partial charge in [0, 0.05) is 24.8 Å². The summed E-state index contributed by atoms with van der Waals surface area (Å²) in [5.74, 6) is 0.915. The normalized spacial score (nSPS) is 23.4. The number of aryl methyl sites for hydroxylation is 1. The number of primary amides is 1. The molecule has 0 radical (unpaired) electrons. The summed E-state index contributed by atoms with van der Waals surface area (Å²) in [7, 11) is 0. The Bertz CT molecular complexity index is 475. The monoisotopic (exact) mass is 262 g/mol. The minimum Gasteiger partial charge on any atom is -0.365 e. The molecule has 0 aliphatic carbocycles. The third kappa shape index (κ3) is 2.87. The average Bonchev–Trinajstić information content (AvgIpc) is 2.38.